The fourth-order valence-corrected chi connectivity index (χ4v) is 1.87. The summed E-state index contributed by atoms with van der Waals surface area (Å²) in [6.07, 6.45) is -0.963. The van der Waals surface area contributed by atoms with E-state index in [4.69, 9.17) is 16.2 Å². The molecule has 0 heterocycles. The van der Waals surface area contributed by atoms with Crippen LogP contribution >= 0.6 is 0 Å². The molecule has 0 aliphatic rings. The summed E-state index contributed by atoms with van der Waals surface area (Å²) in [4.78, 5) is 22.3. The highest BCUT2D eigenvalue weighted by Crippen LogP contribution is 2.22. The van der Waals surface area contributed by atoms with Gasteiger partial charge < -0.3 is 26.3 Å². The van der Waals surface area contributed by atoms with E-state index in [1.807, 2.05) is 32.0 Å². The van der Waals surface area contributed by atoms with Gasteiger partial charge in [-0.05, 0) is 31.9 Å². The van der Waals surface area contributed by atoms with Crippen LogP contribution in [0.25, 0.3) is 0 Å². The van der Waals surface area contributed by atoms with Crippen LogP contribution in [0.4, 0.5) is 4.79 Å². The quantitative estimate of drug-likeness (QED) is 0.682. The standard InChI is InChI=1S/C15H23N3O4/c1-9-5-4-6-10(2)13(9)21-7-11(3)18-14(19)12(16)8-22-15(17)20/h4-6,11-12H,7-8,16H2,1-3H3,(H2,17,20)(H,18,19)/t11?,12-/m0/s1. The lowest BCUT2D eigenvalue weighted by Gasteiger charge is -2.19. The minimum absolute atomic E-state index is 0.244. The summed E-state index contributed by atoms with van der Waals surface area (Å²) < 4.78 is 10.2. The Hall–Kier alpha value is -2.28. The summed E-state index contributed by atoms with van der Waals surface area (Å²) in [5.74, 6) is 0.379. The number of nitrogens with two attached hydrogens (primary N) is 2. The van der Waals surface area contributed by atoms with Crippen LogP contribution in [0.3, 0.4) is 0 Å². The first-order chi connectivity index (χ1) is 10.3. The molecule has 1 unspecified atom stereocenters. The molecular weight excluding hydrogens is 286 g/mol. The number of nitrogens with one attached hydrogen (secondary N) is 1. The maximum Gasteiger partial charge on any atom is 0.404 e. The van der Waals surface area contributed by atoms with Crippen LogP contribution in [-0.2, 0) is 9.53 Å². The Morgan fingerprint density at radius 3 is 2.36 bits per heavy atom. The van der Waals surface area contributed by atoms with Crippen molar-refractivity contribution >= 4 is 12.0 Å². The molecule has 0 fully saturated rings. The van der Waals surface area contributed by atoms with Gasteiger partial charge in [-0.1, -0.05) is 18.2 Å². The molecule has 0 saturated carbocycles. The highest BCUT2D eigenvalue weighted by molar-refractivity contribution is 5.82. The van der Waals surface area contributed by atoms with Crippen molar-refractivity contribution < 1.29 is 19.1 Å². The van der Waals surface area contributed by atoms with Crippen molar-refractivity contribution in [1.82, 2.24) is 5.32 Å². The smallest absolute Gasteiger partial charge is 0.404 e. The van der Waals surface area contributed by atoms with Gasteiger partial charge in [0.25, 0.3) is 0 Å². The van der Waals surface area contributed by atoms with Gasteiger partial charge in [-0.2, -0.15) is 0 Å². The first kappa shape index (κ1) is 17.8. The third kappa shape index (κ3) is 5.61. The Morgan fingerprint density at radius 1 is 1.23 bits per heavy atom. The molecule has 2 atom stereocenters. The van der Waals surface area contributed by atoms with E-state index in [0.29, 0.717) is 6.61 Å². The minimum atomic E-state index is -0.963. The summed E-state index contributed by atoms with van der Waals surface area (Å²) in [5.41, 5.74) is 12.5. The first-order valence-corrected chi connectivity index (χ1v) is 6.98. The summed E-state index contributed by atoms with van der Waals surface area (Å²) in [7, 11) is 0. The number of carbonyl (C=O) groups is 2. The number of amides is 2. The Bertz CT molecular complexity index is 513. The van der Waals surface area contributed by atoms with Crippen LogP contribution in [-0.4, -0.2) is 37.3 Å². The molecule has 0 aliphatic carbocycles. The van der Waals surface area contributed by atoms with Gasteiger partial charge in [0.15, 0.2) is 0 Å². The zero-order valence-corrected chi connectivity index (χ0v) is 13.1. The van der Waals surface area contributed by atoms with Crippen molar-refractivity contribution in [1.29, 1.82) is 0 Å². The molecule has 2 amide bonds. The third-order valence-electron chi connectivity index (χ3n) is 3.02. The van der Waals surface area contributed by atoms with Gasteiger partial charge in [-0.3, -0.25) is 4.79 Å². The molecule has 7 nitrogen and oxygen atoms in total. The van der Waals surface area contributed by atoms with Crippen LogP contribution in [0.1, 0.15) is 18.1 Å². The fourth-order valence-electron chi connectivity index (χ4n) is 1.87. The van der Waals surface area contributed by atoms with Crippen molar-refractivity contribution in [3.63, 3.8) is 0 Å². The van der Waals surface area contributed by atoms with E-state index < -0.39 is 18.0 Å². The lowest BCUT2D eigenvalue weighted by Crippen LogP contribution is -2.48. The predicted octanol–water partition coefficient (Wildman–Crippen LogP) is 0.610. The highest BCUT2D eigenvalue weighted by atomic mass is 16.5. The van der Waals surface area contributed by atoms with Gasteiger partial charge in [0.2, 0.25) is 5.91 Å². The number of para-hydroxylation sites is 1. The van der Waals surface area contributed by atoms with Crippen molar-refractivity contribution in [2.45, 2.75) is 32.9 Å². The Balaban J connectivity index is 2.44. The second kappa shape index (κ2) is 8.23. The highest BCUT2D eigenvalue weighted by Gasteiger charge is 2.17. The molecule has 0 bridgehead atoms. The number of ether oxygens (including phenoxy) is 2. The van der Waals surface area contributed by atoms with Crippen LogP contribution in [0, 0.1) is 13.8 Å². The van der Waals surface area contributed by atoms with Gasteiger partial charge in [-0.25, -0.2) is 4.79 Å². The van der Waals surface area contributed by atoms with E-state index in [9.17, 15) is 9.59 Å². The average Bonchev–Trinajstić information content (AvgIpc) is 2.44. The molecule has 122 valence electrons. The largest absolute Gasteiger partial charge is 0.491 e. The third-order valence-corrected chi connectivity index (χ3v) is 3.02. The summed E-state index contributed by atoms with van der Waals surface area (Å²) >= 11 is 0. The molecule has 1 aromatic rings. The normalized spacial score (nSPS) is 13.1. The van der Waals surface area contributed by atoms with E-state index in [-0.39, 0.29) is 12.6 Å². The average molecular weight is 309 g/mol. The second-order valence-corrected chi connectivity index (χ2v) is 5.18. The molecule has 7 heteroatoms. The van der Waals surface area contributed by atoms with E-state index in [1.54, 1.807) is 6.92 Å². The number of hydrogen-bond donors (Lipinski definition) is 3. The van der Waals surface area contributed by atoms with E-state index in [0.717, 1.165) is 16.9 Å². The molecule has 0 aliphatic heterocycles. The number of rotatable bonds is 7. The number of primary amides is 1. The molecule has 22 heavy (non-hydrogen) atoms. The Kier molecular flexibility index (Phi) is 6.65. The van der Waals surface area contributed by atoms with Gasteiger partial charge in [0.1, 0.15) is 25.0 Å². The molecule has 0 aromatic heterocycles. The summed E-state index contributed by atoms with van der Waals surface area (Å²) in [6.45, 7) is 5.77. The van der Waals surface area contributed by atoms with Gasteiger partial charge in [-0.15, -0.1) is 0 Å². The zero-order valence-electron chi connectivity index (χ0n) is 13.1. The maximum absolute atomic E-state index is 11.8. The van der Waals surface area contributed by atoms with Crippen LogP contribution in [0.5, 0.6) is 5.75 Å². The van der Waals surface area contributed by atoms with Crippen LogP contribution in [0.2, 0.25) is 0 Å². The fraction of sp³-hybridized carbons (Fsp3) is 0.467. The van der Waals surface area contributed by atoms with E-state index >= 15 is 0 Å². The van der Waals surface area contributed by atoms with Crippen LogP contribution in [0.15, 0.2) is 18.2 Å². The lowest BCUT2D eigenvalue weighted by molar-refractivity contribution is -0.123. The van der Waals surface area contributed by atoms with Crippen molar-refractivity contribution in [2.24, 2.45) is 11.5 Å². The SMILES string of the molecule is Cc1cccc(C)c1OCC(C)NC(=O)[C@@H](N)COC(N)=O. The van der Waals surface area contributed by atoms with Crippen molar-refractivity contribution in [3.8, 4) is 5.75 Å². The van der Waals surface area contributed by atoms with Crippen molar-refractivity contribution in [3.05, 3.63) is 29.3 Å². The monoisotopic (exact) mass is 309 g/mol. The summed E-state index contributed by atoms with van der Waals surface area (Å²) in [5, 5.41) is 2.69. The summed E-state index contributed by atoms with van der Waals surface area (Å²) in [6, 6.07) is 4.67. The van der Waals surface area contributed by atoms with E-state index in [2.05, 4.69) is 10.1 Å². The molecule has 0 saturated heterocycles. The van der Waals surface area contributed by atoms with E-state index in [1.165, 1.54) is 0 Å². The number of carbonyl (C=O) groups excluding carboxylic acids is 2. The molecule has 0 spiro atoms. The predicted molar refractivity (Wildman–Crippen MR) is 82.5 cm³/mol. The van der Waals surface area contributed by atoms with Crippen LogP contribution < -0.4 is 21.5 Å². The molecule has 1 aromatic carbocycles. The molecular formula is C15H23N3O4. The zero-order chi connectivity index (χ0) is 16.7. The van der Waals surface area contributed by atoms with Crippen molar-refractivity contribution in [2.75, 3.05) is 13.2 Å². The Labute approximate surface area is 129 Å². The minimum Gasteiger partial charge on any atom is -0.491 e. The number of aryl methyl sites for hydroxylation is 2. The molecule has 1 rings (SSSR count). The van der Waals surface area contributed by atoms with Gasteiger partial charge in [0, 0.05) is 0 Å². The first-order valence-electron chi connectivity index (χ1n) is 6.98. The number of benzene rings is 1. The molecule has 0 radical (unpaired) electrons. The lowest BCUT2D eigenvalue weighted by atomic mass is 10.1. The topological polar surface area (TPSA) is 117 Å². The maximum atomic E-state index is 11.8. The Morgan fingerprint density at radius 2 is 1.82 bits per heavy atom. The van der Waals surface area contributed by atoms with Gasteiger partial charge in [0.05, 0.1) is 6.04 Å². The molecule has 5 N–H and O–H groups in total. The van der Waals surface area contributed by atoms with Gasteiger partial charge >= 0.3 is 6.09 Å². The number of hydrogen-bond acceptors (Lipinski definition) is 5. The second-order valence-electron chi connectivity index (χ2n) is 5.18.